The zero-order valence-electron chi connectivity index (χ0n) is 34.2. The summed E-state index contributed by atoms with van der Waals surface area (Å²) in [6.07, 6.45) is 9.30. The molecule has 8 rings (SSSR count). The van der Waals surface area contributed by atoms with Gasteiger partial charge in [0.05, 0.1) is 11.7 Å². The van der Waals surface area contributed by atoms with Gasteiger partial charge in [-0.1, -0.05) is 31.2 Å². The highest BCUT2D eigenvalue weighted by molar-refractivity contribution is 5.92. The molecule has 0 saturated carbocycles. The van der Waals surface area contributed by atoms with Crippen LogP contribution in [0.3, 0.4) is 0 Å². The largest absolute Gasteiger partial charge is 0.368 e. The number of carbonyl (C=O) groups excluding carboxylic acids is 3. The first-order chi connectivity index (χ1) is 28.7. The number of aryl methyl sites for hydroxylation is 1. The predicted octanol–water partition coefficient (Wildman–Crippen LogP) is 4.56. The summed E-state index contributed by atoms with van der Waals surface area (Å²) in [6.45, 7) is 10.5. The maximum atomic E-state index is 14.6. The number of likely N-dealkylation sites (tertiary alicyclic amines) is 2. The molecule has 0 unspecified atom stereocenters. The first-order valence-electron chi connectivity index (χ1n) is 21.3. The van der Waals surface area contributed by atoms with Gasteiger partial charge in [0.2, 0.25) is 11.8 Å². The van der Waals surface area contributed by atoms with Crippen LogP contribution in [0.4, 0.5) is 10.5 Å². The van der Waals surface area contributed by atoms with Gasteiger partial charge in [0.25, 0.3) is 5.56 Å². The van der Waals surface area contributed by atoms with Gasteiger partial charge in [0, 0.05) is 80.2 Å². The van der Waals surface area contributed by atoms with E-state index in [1.165, 1.54) is 0 Å². The van der Waals surface area contributed by atoms with Crippen LogP contribution in [0.5, 0.6) is 0 Å². The van der Waals surface area contributed by atoms with Crippen molar-refractivity contribution in [2.75, 3.05) is 63.8 Å². The van der Waals surface area contributed by atoms with Crippen LogP contribution in [-0.2, 0) is 16.0 Å². The van der Waals surface area contributed by atoms with Gasteiger partial charge in [-0.15, -0.1) is 0 Å². The van der Waals surface area contributed by atoms with Gasteiger partial charge in [-0.05, 0) is 117 Å². The number of aromatic nitrogens is 4. The van der Waals surface area contributed by atoms with Gasteiger partial charge in [-0.2, -0.15) is 5.10 Å². The van der Waals surface area contributed by atoms with Gasteiger partial charge >= 0.3 is 6.03 Å². The summed E-state index contributed by atoms with van der Waals surface area (Å²) in [5.74, 6) is -0.142. The van der Waals surface area contributed by atoms with Gasteiger partial charge in [0.1, 0.15) is 12.1 Å². The van der Waals surface area contributed by atoms with Crippen molar-refractivity contribution >= 4 is 45.3 Å². The third-order valence-electron chi connectivity index (χ3n) is 12.8. The number of nitrogens with zero attached hydrogens (tertiary/aromatic N) is 6. The second-order valence-electron chi connectivity index (χ2n) is 16.5. The molecular formula is C45H56N10O4. The van der Waals surface area contributed by atoms with Crippen LogP contribution < -0.4 is 21.1 Å². The van der Waals surface area contributed by atoms with Crippen LogP contribution in [0.25, 0.3) is 21.8 Å². The molecule has 2 atom stereocenters. The maximum Gasteiger partial charge on any atom is 0.318 e. The first-order valence-corrected chi connectivity index (χ1v) is 21.3. The van der Waals surface area contributed by atoms with E-state index in [-0.39, 0.29) is 35.7 Å². The van der Waals surface area contributed by atoms with Gasteiger partial charge in [-0.25, -0.2) is 4.79 Å². The molecule has 4 amide bonds. The first kappa shape index (κ1) is 40.0. The number of benzene rings is 2. The van der Waals surface area contributed by atoms with Crippen LogP contribution in [0.15, 0.2) is 78.0 Å². The van der Waals surface area contributed by atoms with Crippen LogP contribution in [-0.4, -0.2) is 124 Å². The van der Waals surface area contributed by atoms with Gasteiger partial charge < -0.3 is 35.2 Å². The fraction of sp³-hybridized carbons (Fsp3) is 0.467. The number of aromatic amines is 2. The number of amides is 4. The number of carbonyl (C=O) groups is 3. The molecule has 14 nitrogen and oxygen atoms in total. The van der Waals surface area contributed by atoms with Crippen molar-refractivity contribution in [3.8, 4) is 0 Å². The number of urea groups is 1. The van der Waals surface area contributed by atoms with E-state index in [0.717, 1.165) is 76.7 Å². The Kier molecular flexibility index (Phi) is 12.2. The van der Waals surface area contributed by atoms with Crippen LogP contribution >= 0.6 is 0 Å². The fourth-order valence-electron chi connectivity index (χ4n) is 9.30. The lowest BCUT2D eigenvalue weighted by Gasteiger charge is -2.39. The Bertz CT molecular complexity index is 2300. The molecule has 2 aromatic carbocycles. The van der Waals surface area contributed by atoms with Crippen molar-refractivity contribution in [1.29, 1.82) is 0 Å². The molecular weight excluding hydrogens is 745 g/mol. The van der Waals surface area contributed by atoms with Gasteiger partial charge in [0.15, 0.2) is 0 Å². The fourth-order valence-corrected chi connectivity index (χ4v) is 9.30. The zero-order valence-corrected chi connectivity index (χ0v) is 34.2. The third kappa shape index (κ3) is 9.27. The van der Waals surface area contributed by atoms with E-state index in [1.54, 1.807) is 23.5 Å². The summed E-state index contributed by atoms with van der Waals surface area (Å²) in [4.78, 5) is 71.7. The highest BCUT2D eigenvalue weighted by atomic mass is 16.2. The molecule has 3 fully saturated rings. The number of piperazine rings is 1. The molecule has 3 saturated heterocycles. The minimum Gasteiger partial charge on any atom is -0.368 e. The Morgan fingerprint density at radius 1 is 0.831 bits per heavy atom. The Balaban J connectivity index is 0.990. The number of pyridine rings is 2. The highest BCUT2D eigenvalue weighted by Crippen LogP contribution is 2.28. The highest BCUT2D eigenvalue weighted by Gasteiger charge is 2.35. The van der Waals surface area contributed by atoms with E-state index in [0.29, 0.717) is 64.4 Å². The number of anilines is 1. The number of hydrogen-bond donors (Lipinski definition) is 4. The molecule has 14 heteroatoms. The van der Waals surface area contributed by atoms with Crippen LogP contribution in [0.1, 0.15) is 61.6 Å². The van der Waals surface area contributed by atoms with E-state index in [9.17, 15) is 19.2 Å². The summed E-state index contributed by atoms with van der Waals surface area (Å²) >= 11 is 0. The minimum absolute atomic E-state index is 0.0127. The number of para-hydroxylation sites is 1. The lowest BCUT2D eigenvalue weighted by Crippen LogP contribution is -2.59. The van der Waals surface area contributed by atoms with Crippen molar-refractivity contribution < 1.29 is 14.4 Å². The van der Waals surface area contributed by atoms with Gasteiger partial charge in [-0.3, -0.25) is 24.5 Å². The summed E-state index contributed by atoms with van der Waals surface area (Å²) < 4.78 is 0. The molecule has 3 aliphatic rings. The van der Waals surface area contributed by atoms with E-state index < -0.39 is 12.1 Å². The van der Waals surface area contributed by atoms with Crippen molar-refractivity contribution in [3.05, 3.63) is 100 Å². The number of hydrogen-bond acceptors (Lipinski definition) is 8. The van der Waals surface area contributed by atoms with Crippen LogP contribution in [0.2, 0.25) is 0 Å². The van der Waals surface area contributed by atoms with E-state index in [4.69, 9.17) is 0 Å². The van der Waals surface area contributed by atoms with Crippen molar-refractivity contribution in [2.45, 2.75) is 70.4 Å². The smallest absolute Gasteiger partial charge is 0.318 e. The Hall–Kier alpha value is -5.76. The Morgan fingerprint density at radius 2 is 1.58 bits per heavy atom. The summed E-state index contributed by atoms with van der Waals surface area (Å²) in [5.41, 5.74) is 5.32. The quantitative estimate of drug-likeness (QED) is 0.151. The summed E-state index contributed by atoms with van der Waals surface area (Å²) in [7, 11) is 0. The van der Waals surface area contributed by atoms with E-state index >= 15 is 0 Å². The molecule has 4 N–H and O–H groups in total. The molecule has 0 bridgehead atoms. The maximum absolute atomic E-state index is 14.6. The third-order valence-corrected chi connectivity index (χ3v) is 12.8. The molecule has 0 aliphatic carbocycles. The number of rotatable bonds is 11. The van der Waals surface area contributed by atoms with Crippen molar-refractivity contribution in [2.24, 2.45) is 5.92 Å². The number of fused-ring (bicyclic) bond motifs is 2. The summed E-state index contributed by atoms with van der Waals surface area (Å²) in [5, 5.41) is 15.5. The molecule has 6 heterocycles. The average Bonchev–Trinajstić information content (AvgIpc) is 3.76. The second kappa shape index (κ2) is 18.0. The summed E-state index contributed by atoms with van der Waals surface area (Å²) in [6, 6.07) is 15.7. The Labute approximate surface area is 344 Å². The molecule has 310 valence electrons. The van der Waals surface area contributed by atoms with Crippen molar-refractivity contribution in [3.63, 3.8) is 0 Å². The predicted molar refractivity (Wildman–Crippen MR) is 229 cm³/mol. The molecule has 0 radical (unpaired) electrons. The average molecular weight is 801 g/mol. The molecule has 3 aromatic heterocycles. The minimum atomic E-state index is -0.937. The molecule has 0 spiro atoms. The SMILES string of the molecule is CCN1CCC(C[C@H](NC(=O)[C@@H](Cc2cc(C)c3[nH]ncc3c2)NC(=O)N2CCC(c3cc4ccccc4[nH]c3=O)CC2)C(=O)N2CCN(c3ccncc3)CC2)CC1. The zero-order chi connectivity index (χ0) is 40.9. The lowest BCUT2D eigenvalue weighted by molar-refractivity contribution is -0.137. The monoisotopic (exact) mass is 800 g/mol. The van der Waals surface area contributed by atoms with Crippen LogP contribution in [0, 0.1) is 12.8 Å². The normalized spacial score (nSPS) is 18.2. The molecule has 5 aromatic rings. The van der Waals surface area contributed by atoms with E-state index in [2.05, 4.69) is 47.5 Å². The van der Waals surface area contributed by atoms with E-state index in [1.807, 2.05) is 66.4 Å². The standard InChI is InChI=1S/C45H56N10O4/c1-3-52-16-10-31(11-17-52)26-40(44(58)54-22-20-53(21-23-54)36-8-14-46-15-9-36)49-43(57)39(27-32-24-30(2)41-35(25-32)29-47-51-41)50-45(59)55-18-12-33(13-19-55)37-28-34-6-4-5-7-38(34)48-42(37)56/h4-9,14-15,24-25,28-29,31,33,39-40H,3,10-13,16-23,26-27H2,1-2H3,(H,47,51)(H,48,56)(H,49,57)(H,50,59)/t39-,40+/m1/s1. The number of H-pyrrole nitrogens is 2. The lowest BCUT2D eigenvalue weighted by atomic mass is 9.89. The van der Waals surface area contributed by atoms with Crippen molar-refractivity contribution in [1.82, 2.24) is 45.5 Å². The Morgan fingerprint density at radius 3 is 2.32 bits per heavy atom. The number of piperidine rings is 2. The molecule has 3 aliphatic heterocycles. The second-order valence-corrected chi connectivity index (χ2v) is 16.5. The topological polar surface area (TPSA) is 163 Å². The number of nitrogens with one attached hydrogen (secondary N) is 4. The molecule has 59 heavy (non-hydrogen) atoms.